The fourth-order valence-electron chi connectivity index (χ4n) is 1.85. The third-order valence-corrected chi connectivity index (χ3v) is 3.03. The molecule has 1 aliphatic rings. The first-order chi connectivity index (χ1) is 9.02. The van der Waals surface area contributed by atoms with Crippen LogP contribution in [0.1, 0.15) is 26.2 Å². The van der Waals surface area contributed by atoms with Gasteiger partial charge in [0.1, 0.15) is 18.3 Å². The average Bonchev–Trinajstić information content (AvgIpc) is 2.42. The molecule has 0 aromatic rings. The van der Waals surface area contributed by atoms with E-state index in [9.17, 15) is 20.1 Å². The van der Waals surface area contributed by atoms with Crippen molar-refractivity contribution in [2.24, 2.45) is 0 Å². The predicted molar refractivity (Wildman–Crippen MR) is 64.2 cm³/mol. The van der Waals surface area contributed by atoms with Crippen LogP contribution in [0.5, 0.6) is 0 Å². The molecule has 1 heterocycles. The van der Waals surface area contributed by atoms with E-state index in [1.165, 1.54) is 0 Å². The van der Waals surface area contributed by atoms with Crippen LogP contribution in [0.3, 0.4) is 0 Å². The first-order valence-corrected chi connectivity index (χ1v) is 6.42. The number of aliphatic hydroxyl groups excluding tert-OH is 3. The summed E-state index contributed by atoms with van der Waals surface area (Å²) in [5.74, 6) is -0.819. The molecule has 0 amide bonds. The van der Waals surface area contributed by atoms with E-state index in [0.717, 1.165) is 26.4 Å². The summed E-state index contributed by atoms with van der Waals surface area (Å²) < 4.78 is 14.9. The topological polar surface area (TPSA) is 105 Å². The predicted octanol–water partition coefficient (Wildman–Crippen LogP) is -0.826. The van der Waals surface area contributed by atoms with Gasteiger partial charge in [0.25, 0.3) is 0 Å². The second-order valence-corrected chi connectivity index (χ2v) is 4.50. The highest BCUT2D eigenvalue weighted by Crippen LogP contribution is 2.23. The van der Waals surface area contributed by atoms with E-state index in [1.54, 1.807) is 0 Å². The van der Waals surface area contributed by atoms with Gasteiger partial charge in [-0.25, -0.2) is 4.79 Å². The molecule has 0 aliphatic carbocycles. The Kier molecular flexibility index (Phi) is 6.67. The Balaban J connectivity index is 2.57. The van der Waals surface area contributed by atoms with Gasteiger partial charge in [-0.15, -0.1) is 0 Å². The van der Waals surface area contributed by atoms with Crippen molar-refractivity contribution >= 4 is 5.97 Å². The molecule has 1 saturated heterocycles. The SMILES string of the molecule is CCCCCO[C@@H]1O[C@H](C(=O)OC)[C@@H](O)[C@H](O)[C@H]1O. The molecule has 0 bridgehead atoms. The van der Waals surface area contributed by atoms with Crippen molar-refractivity contribution in [3.05, 3.63) is 0 Å². The van der Waals surface area contributed by atoms with Gasteiger partial charge in [-0.1, -0.05) is 19.8 Å². The van der Waals surface area contributed by atoms with E-state index >= 15 is 0 Å². The monoisotopic (exact) mass is 278 g/mol. The van der Waals surface area contributed by atoms with Crippen LogP contribution in [0.4, 0.5) is 0 Å². The molecule has 0 unspecified atom stereocenters. The minimum Gasteiger partial charge on any atom is -0.467 e. The summed E-state index contributed by atoms with van der Waals surface area (Å²) in [4.78, 5) is 11.4. The van der Waals surface area contributed by atoms with Gasteiger partial charge in [0, 0.05) is 6.61 Å². The Hall–Kier alpha value is -0.730. The summed E-state index contributed by atoms with van der Waals surface area (Å²) in [6.45, 7) is 2.38. The standard InChI is InChI=1S/C12H22O7/c1-3-4-5-6-18-12-9(15)7(13)8(14)10(19-12)11(16)17-2/h7-10,12-15H,3-6H2,1-2H3/t7-,8-,9+,10-,12+/m0/s1. The lowest BCUT2D eigenvalue weighted by molar-refractivity contribution is -0.294. The molecule has 0 saturated carbocycles. The average molecular weight is 278 g/mol. The Labute approximate surface area is 112 Å². The van der Waals surface area contributed by atoms with Crippen molar-refractivity contribution in [2.75, 3.05) is 13.7 Å². The number of rotatable bonds is 6. The summed E-state index contributed by atoms with van der Waals surface area (Å²) in [5.41, 5.74) is 0. The van der Waals surface area contributed by atoms with Gasteiger partial charge in [0.2, 0.25) is 0 Å². The number of hydrogen-bond acceptors (Lipinski definition) is 7. The first kappa shape index (κ1) is 16.3. The molecule has 19 heavy (non-hydrogen) atoms. The quantitative estimate of drug-likeness (QED) is 0.430. The fourth-order valence-corrected chi connectivity index (χ4v) is 1.85. The molecule has 7 heteroatoms. The zero-order chi connectivity index (χ0) is 14.4. The summed E-state index contributed by atoms with van der Waals surface area (Å²) in [6.07, 6.45) is -4.22. The Bertz CT molecular complexity index is 283. The minimum atomic E-state index is -1.54. The van der Waals surface area contributed by atoms with E-state index in [0.29, 0.717) is 6.61 Å². The van der Waals surface area contributed by atoms with Crippen LogP contribution in [0.2, 0.25) is 0 Å². The van der Waals surface area contributed by atoms with Gasteiger partial charge in [0.05, 0.1) is 7.11 Å². The molecule has 1 aliphatic heterocycles. The molecular formula is C12H22O7. The normalized spacial score (nSPS) is 35.1. The molecule has 5 atom stereocenters. The Morgan fingerprint density at radius 2 is 1.84 bits per heavy atom. The van der Waals surface area contributed by atoms with Crippen molar-refractivity contribution < 1.29 is 34.3 Å². The van der Waals surface area contributed by atoms with Crippen molar-refractivity contribution in [1.82, 2.24) is 0 Å². The number of carbonyl (C=O) groups excluding carboxylic acids is 1. The van der Waals surface area contributed by atoms with Gasteiger partial charge in [-0.05, 0) is 6.42 Å². The van der Waals surface area contributed by atoms with Crippen LogP contribution in [0.15, 0.2) is 0 Å². The summed E-state index contributed by atoms with van der Waals surface area (Å²) in [7, 11) is 1.15. The van der Waals surface area contributed by atoms with Crippen LogP contribution >= 0.6 is 0 Å². The van der Waals surface area contributed by atoms with E-state index in [4.69, 9.17) is 9.47 Å². The van der Waals surface area contributed by atoms with E-state index in [-0.39, 0.29) is 0 Å². The molecule has 3 N–H and O–H groups in total. The Morgan fingerprint density at radius 1 is 1.16 bits per heavy atom. The van der Waals surface area contributed by atoms with E-state index < -0.39 is 36.7 Å². The number of unbranched alkanes of at least 4 members (excludes halogenated alkanes) is 2. The van der Waals surface area contributed by atoms with Crippen LogP contribution < -0.4 is 0 Å². The number of aliphatic hydroxyl groups is 3. The van der Waals surface area contributed by atoms with Crippen LogP contribution in [0.25, 0.3) is 0 Å². The smallest absolute Gasteiger partial charge is 0.337 e. The molecule has 0 spiro atoms. The van der Waals surface area contributed by atoms with Gasteiger partial charge < -0.3 is 29.5 Å². The maximum Gasteiger partial charge on any atom is 0.337 e. The highest BCUT2D eigenvalue weighted by atomic mass is 16.7. The number of carbonyl (C=O) groups is 1. The minimum absolute atomic E-state index is 0.340. The second-order valence-electron chi connectivity index (χ2n) is 4.50. The highest BCUT2D eigenvalue weighted by molar-refractivity contribution is 5.75. The Morgan fingerprint density at radius 3 is 2.42 bits per heavy atom. The molecule has 0 aromatic carbocycles. The highest BCUT2D eigenvalue weighted by Gasteiger charge is 2.47. The molecule has 112 valence electrons. The lowest BCUT2D eigenvalue weighted by atomic mass is 9.99. The van der Waals surface area contributed by atoms with Gasteiger partial charge >= 0.3 is 5.97 Å². The van der Waals surface area contributed by atoms with Crippen LogP contribution in [-0.2, 0) is 19.0 Å². The fraction of sp³-hybridized carbons (Fsp3) is 0.917. The molecule has 0 radical (unpaired) electrons. The third-order valence-electron chi connectivity index (χ3n) is 3.03. The number of hydrogen-bond donors (Lipinski definition) is 3. The maximum absolute atomic E-state index is 11.4. The molecule has 1 fully saturated rings. The zero-order valence-corrected chi connectivity index (χ0v) is 11.2. The van der Waals surface area contributed by atoms with E-state index in [2.05, 4.69) is 4.74 Å². The van der Waals surface area contributed by atoms with Crippen LogP contribution in [0, 0.1) is 0 Å². The first-order valence-electron chi connectivity index (χ1n) is 6.42. The molecular weight excluding hydrogens is 256 g/mol. The third kappa shape index (κ3) is 4.12. The lowest BCUT2D eigenvalue weighted by Crippen LogP contribution is -2.60. The number of esters is 1. The molecule has 0 aromatic heterocycles. The number of ether oxygens (including phenoxy) is 3. The molecule has 1 rings (SSSR count). The largest absolute Gasteiger partial charge is 0.467 e. The van der Waals surface area contributed by atoms with Gasteiger partial charge in [-0.3, -0.25) is 0 Å². The summed E-state index contributed by atoms with van der Waals surface area (Å²) in [5, 5.41) is 29.0. The lowest BCUT2D eigenvalue weighted by Gasteiger charge is -2.38. The van der Waals surface area contributed by atoms with Crippen LogP contribution in [-0.4, -0.2) is 65.7 Å². The van der Waals surface area contributed by atoms with Crippen molar-refractivity contribution in [2.45, 2.75) is 56.9 Å². The molecule has 7 nitrogen and oxygen atoms in total. The van der Waals surface area contributed by atoms with Crippen molar-refractivity contribution in [3.8, 4) is 0 Å². The summed E-state index contributed by atoms with van der Waals surface area (Å²) >= 11 is 0. The summed E-state index contributed by atoms with van der Waals surface area (Å²) in [6, 6.07) is 0. The van der Waals surface area contributed by atoms with Gasteiger partial charge in [0.15, 0.2) is 12.4 Å². The zero-order valence-electron chi connectivity index (χ0n) is 11.2. The number of methoxy groups -OCH3 is 1. The van der Waals surface area contributed by atoms with Gasteiger partial charge in [-0.2, -0.15) is 0 Å². The second kappa shape index (κ2) is 7.76. The van der Waals surface area contributed by atoms with Crippen molar-refractivity contribution in [3.63, 3.8) is 0 Å². The van der Waals surface area contributed by atoms with Crippen molar-refractivity contribution in [1.29, 1.82) is 0 Å². The maximum atomic E-state index is 11.4. The van der Waals surface area contributed by atoms with E-state index in [1.807, 2.05) is 6.92 Å².